The maximum absolute atomic E-state index is 5.40. The molecular formula is C14H28O2. The van der Waals surface area contributed by atoms with Crippen molar-refractivity contribution in [3.63, 3.8) is 0 Å². The zero-order chi connectivity index (χ0) is 11.9. The first-order chi connectivity index (χ1) is 7.91. The SMILES string of the molecule is C=CCCCCCCCCCOCCOC. The van der Waals surface area contributed by atoms with Crippen molar-refractivity contribution >= 4 is 0 Å². The predicted molar refractivity (Wildman–Crippen MR) is 69.8 cm³/mol. The topological polar surface area (TPSA) is 18.5 Å². The molecule has 2 heteroatoms. The molecule has 0 spiro atoms. The summed E-state index contributed by atoms with van der Waals surface area (Å²) in [4.78, 5) is 0. The molecule has 0 aliphatic rings. The smallest absolute Gasteiger partial charge is 0.0700 e. The van der Waals surface area contributed by atoms with Gasteiger partial charge in [-0.3, -0.25) is 0 Å². The van der Waals surface area contributed by atoms with E-state index in [9.17, 15) is 0 Å². The van der Waals surface area contributed by atoms with E-state index in [0.29, 0.717) is 6.61 Å². The van der Waals surface area contributed by atoms with Gasteiger partial charge in [-0.1, -0.05) is 38.2 Å². The van der Waals surface area contributed by atoms with E-state index in [2.05, 4.69) is 6.58 Å². The van der Waals surface area contributed by atoms with Gasteiger partial charge in [-0.15, -0.1) is 6.58 Å². The summed E-state index contributed by atoms with van der Waals surface area (Å²) >= 11 is 0. The highest BCUT2D eigenvalue weighted by molar-refractivity contribution is 4.65. The second-order valence-corrected chi connectivity index (χ2v) is 4.16. The molecule has 0 aromatic heterocycles. The number of allylic oxidation sites excluding steroid dienone is 1. The summed E-state index contributed by atoms with van der Waals surface area (Å²) < 4.78 is 10.3. The van der Waals surface area contributed by atoms with Crippen molar-refractivity contribution in [2.24, 2.45) is 0 Å². The van der Waals surface area contributed by atoms with Crippen LogP contribution in [0.5, 0.6) is 0 Å². The van der Waals surface area contributed by atoms with Crippen LogP contribution in [0, 0.1) is 0 Å². The van der Waals surface area contributed by atoms with Crippen molar-refractivity contribution in [3.05, 3.63) is 12.7 Å². The van der Waals surface area contributed by atoms with Crippen molar-refractivity contribution in [2.45, 2.75) is 51.4 Å². The van der Waals surface area contributed by atoms with Crippen LogP contribution in [-0.2, 0) is 9.47 Å². The summed E-state index contributed by atoms with van der Waals surface area (Å²) in [6.45, 7) is 6.06. The van der Waals surface area contributed by atoms with Crippen molar-refractivity contribution in [1.82, 2.24) is 0 Å². The summed E-state index contributed by atoms with van der Waals surface area (Å²) in [6.07, 6.45) is 12.4. The van der Waals surface area contributed by atoms with Crippen LogP contribution in [0.1, 0.15) is 51.4 Å². The maximum atomic E-state index is 5.40. The van der Waals surface area contributed by atoms with Crippen LogP contribution in [0.2, 0.25) is 0 Å². The van der Waals surface area contributed by atoms with Gasteiger partial charge in [0.25, 0.3) is 0 Å². The highest BCUT2D eigenvalue weighted by atomic mass is 16.5. The predicted octanol–water partition coefficient (Wildman–Crippen LogP) is 3.96. The minimum atomic E-state index is 0.712. The van der Waals surface area contributed by atoms with E-state index < -0.39 is 0 Å². The zero-order valence-corrected chi connectivity index (χ0v) is 10.9. The molecule has 0 amide bonds. The third kappa shape index (κ3) is 13.7. The molecule has 2 nitrogen and oxygen atoms in total. The zero-order valence-electron chi connectivity index (χ0n) is 10.9. The Kier molecular flexibility index (Phi) is 14.3. The summed E-state index contributed by atoms with van der Waals surface area (Å²) in [7, 11) is 1.70. The molecule has 0 atom stereocenters. The van der Waals surface area contributed by atoms with E-state index in [4.69, 9.17) is 9.47 Å². The molecule has 0 heterocycles. The Hall–Kier alpha value is -0.340. The van der Waals surface area contributed by atoms with Crippen LogP contribution in [-0.4, -0.2) is 26.9 Å². The van der Waals surface area contributed by atoms with Gasteiger partial charge in [0.2, 0.25) is 0 Å². The van der Waals surface area contributed by atoms with Crippen LogP contribution >= 0.6 is 0 Å². The Balaban J connectivity index is 2.85. The number of hydrogen-bond acceptors (Lipinski definition) is 2. The molecule has 0 saturated heterocycles. The molecule has 0 fully saturated rings. The van der Waals surface area contributed by atoms with E-state index in [1.54, 1.807) is 7.11 Å². The number of hydrogen-bond donors (Lipinski definition) is 0. The van der Waals surface area contributed by atoms with Crippen molar-refractivity contribution in [3.8, 4) is 0 Å². The van der Waals surface area contributed by atoms with E-state index in [-0.39, 0.29) is 0 Å². The molecule has 0 unspecified atom stereocenters. The van der Waals surface area contributed by atoms with Crippen LogP contribution in [0.3, 0.4) is 0 Å². The molecule has 0 aliphatic heterocycles. The Morgan fingerprint density at radius 2 is 1.44 bits per heavy atom. The van der Waals surface area contributed by atoms with Crippen LogP contribution < -0.4 is 0 Å². The molecule has 0 aromatic rings. The molecule has 0 rings (SSSR count). The molecule has 0 radical (unpaired) electrons. The Morgan fingerprint density at radius 3 is 2.06 bits per heavy atom. The Labute approximate surface area is 101 Å². The highest BCUT2D eigenvalue weighted by Crippen LogP contribution is 2.08. The van der Waals surface area contributed by atoms with E-state index in [1.165, 1.54) is 51.4 Å². The number of methoxy groups -OCH3 is 1. The first-order valence-corrected chi connectivity index (χ1v) is 6.59. The molecule has 0 aromatic carbocycles. The van der Waals surface area contributed by atoms with Gasteiger partial charge in [-0.2, -0.15) is 0 Å². The minimum Gasteiger partial charge on any atom is -0.382 e. The molecule has 96 valence electrons. The normalized spacial score (nSPS) is 10.6. The van der Waals surface area contributed by atoms with Gasteiger partial charge in [-0.05, 0) is 19.3 Å². The van der Waals surface area contributed by atoms with Gasteiger partial charge in [0.15, 0.2) is 0 Å². The van der Waals surface area contributed by atoms with Gasteiger partial charge < -0.3 is 9.47 Å². The van der Waals surface area contributed by atoms with Crippen molar-refractivity contribution < 1.29 is 9.47 Å². The second kappa shape index (κ2) is 14.7. The summed E-state index contributed by atoms with van der Waals surface area (Å²) in [5, 5.41) is 0. The van der Waals surface area contributed by atoms with Gasteiger partial charge in [0.1, 0.15) is 0 Å². The Bertz CT molecular complexity index is 135. The quantitative estimate of drug-likeness (QED) is 0.351. The fourth-order valence-corrected chi connectivity index (χ4v) is 1.62. The fraction of sp³-hybridized carbons (Fsp3) is 0.857. The lowest BCUT2D eigenvalue weighted by Gasteiger charge is -2.03. The summed E-state index contributed by atoms with van der Waals surface area (Å²) in [6, 6.07) is 0. The van der Waals surface area contributed by atoms with E-state index >= 15 is 0 Å². The summed E-state index contributed by atoms with van der Waals surface area (Å²) in [5.74, 6) is 0. The maximum Gasteiger partial charge on any atom is 0.0700 e. The molecule has 0 aliphatic carbocycles. The fourth-order valence-electron chi connectivity index (χ4n) is 1.62. The molecular weight excluding hydrogens is 200 g/mol. The largest absolute Gasteiger partial charge is 0.382 e. The lowest BCUT2D eigenvalue weighted by Crippen LogP contribution is -2.02. The monoisotopic (exact) mass is 228 g/mol. The standard InChI is InChI=1S/C14H28O2/c1-3-4-5-6-7-8-9-10-11-12-16-14-13-15-2/h3H,1,4-14H2,2H3. The van der Waals surface area contributed by atoms with Crippen LogP contribution in [0.25, 0.3) is 0 Å². The second-order valence-electron chi connectivity index (χ2n) is 4.16. The number of rotatable bonds is 13. The van der Waals surface area contributed by atoms with Gasteiger partial charge in [0, 0.05) is 13.7 Å². The molecule has 0 N–H and O–H groups in total. The lowest BCUT2D eigenvalue weighted by molar-refractivity contribution is 0.0685. The Morgan fingerprint density at radius 1 is 0.812 bits per heavy atom. The van der Waals surface area contributed by atoms with Crippen molar-refractivity contribution in [1.29, 1.82) is 0 Å². The van der Waals surface area contributed by atoms with Crippen molar-refractivity contribution in [2.75, 3.05) is 26.9 Å². The first-order valence-electron chi connectivity index (χ1n) is 6.59. The summed E-state index contributed by atoms with van der Waals surface area (Å²) in [5.41, 5.74) is 0. The third-order valence-corrected chi connectivity index (χ3v) is 2.63. The van der Waals surface area contributed by atoms with E-state index in [1.807, 2.05) is 6.08 Å². The highest BCUT2D eigenvalue weighted by Gasteiger charge is 1.92. The average Bonchev–Trinajstić information content (AvgIpc) is 2.31. The van der Waals surface area contributed by atoms with Gasteiger partial charge >= 0.3 is 0 Å². The molecule has 16 heavy (non-hydrogen) atoms. The van der Waals surface area contributed by atoms with Crippen LogP contribution in [0.15, 0.2) is 12.7 Å². The van der Waals surface area contributed by atoms with Crippen LogP contribution in [0.4, 0.5) is 0 Å². The van der Waals surface area contributed by atoms with Gasteiger partial charge in [-0.25, -0.2) is 0 Å². The van der Waals surface area contributed by atoms with E-state index in [0.717, 1.165) is 13.2 Å². The third-order valence-electron chi connectivity index (χ3n) is 2.63. The number of ether oxygens (including phenoxy) is 2. The van der Waals surface area contributed by atoms with Gasteiger partial charge in [0.05, 0.1) is 13.2 Å². The lowest BCUT2D eigenvalue weighted by atomic mass is 10.1. The molecule has 0 saturated carbocycles. The number of unbranched alkanes of at least 4 members (excludes halogenated alkanes) is 7. The minimum absolute atomic E-state index is 0.712. The average molecular weight is 228 g/mol. The molecule has 0 bridgehead atoms. The first kappa shape index (κ1) is 15.7.